The van der Waals surface area contributed by atoms with Crippen molar-refractivity contribution in [1.29, 1.82) is 0 Å². The van der Waals surface area contributed by atoms with Gasteiger partial charge in [0.25, 0.3) is 11.6 Å². The number of nitrogens with zero attached hydrogens (tertiary/aromatic N) is 5. The highest BCUT2D eigenvalue weighted by molar-refractivity contribution is 5.94. The van der Waals surface area contributed by atoms with Crippen molar-refractivity contribution in [2.24, 2.45) is 0 Å². The van der Waals surface area contributed by atoms with Gasteiger partial charge >= 0.3 is 0 Å². The van der Waals surface area contributed by atoms with Crippen LogP contribution in [-0.2, 0) is 6.54 Å². The number of hydrogen-bond acceptors (Lipinski definition) is 5. The van der Waals surface area contributed by atoms with Crippen LogP contribution in [0.5, 0.6) is 0 Å². The Morgan fingerprint density at radius 1 is 1.12 bits per heavy atom. The fourth-order valence-electron chi connectivity index (χ4n) is 2.76. The largest absolute Gasteiger partial charge is 0.336 e. The molecule has 0 bridgehead atoms. The third-order valence-corrected chi connectivity index (χ3v) is 4.22. The van der Waals surface area contributed by atoms with Gasteiger partial charge in [-0.25, -0.2) is 4.98 Å². The summed E-state index contributed by atoms with van der Waals surface area (Å²) in [6.45, 7) is 4.80. The Hall–Kier alpha value is -2.74. The number of rotatable bonds is 5. The second kappa shape index (κ2) is 7.22. The number of piperazine rings is 1. The van der Waals surface area contributed by atoms with Gasteiger partial charge in [-0.05, 0) is 12.1 Å². The maximum atomic E-state index is 12.5. The van der Waals surface area contributed by atoms with E-state index < -0.39 is 4.92 Å². The molecule has 3 rings (SSSR count). The molecular weight excluding hydrogens is 310 g/mol. The highest BCUT2D eigenvalue weighted by Crippen LogP contribution is 2.14. The number of carbonyl (C=O) groups is 1. The van der Waals surface area contributed by atoms with Crippen molar-refractivity contribution in [3.8, 4) is 0 Å². The minimum atomic E-state index is -0.465. The molecule has 1 amide bonds. The van der Waals surface area contributed by atoms with E-state index in [1.54, 1.807) is 17.4 Å². The lowest BCUT2D eigenvalue weighted by molar-refractivity contribution is -0.384. The average molecular weight is 329 g/mol. The first-order valence-electron chi connectivity index (χ1n) is 7.85. The van der Waals surface area contributed by atoms with Gasteiger partial charge < -0.3 is 9.47 Å². The van der Waals surface area contributed by atoms with Crippen molar-refractivity contribution in [3.05, 3.63) is 58.7 Å². The van der Waals surface area contributed by atoms with Gasteiger partial charge in [-0.15, -0.1) is 0 Å². The lowest BCUT2D eigenvalue weighted by Gasteiger charge is -2.34. The zero-order valence-electron chi connectivity index (χ0n) is 13.2. The lowest BCUT2D eigenvalue weighted by atomic mass is 10.1. The Balaban J connectivity index is 1.50. The van der Waals surface area contributed by atoms with Crippen LogP contribution in [0.3, 0.4) is 0 Å². The fourth-order valence-corrected chi connectivity index (χ4v) is 2.76. The summed E-state index contributed by atoms with van der Waals surface area (Å²) in [5.41, 5.74) is 0.489. The van der Waals surface area contributed by atoms with Crippen molar-refractivity contribution in [1.82, 2.24) is 19.4 Å². The minimum absolute atomic E-state index is 0.00382. The number of hydrogen-bond donors (Lipinski definition) is 0. The molecule has 24 heavy (non-hydrogen) atoms. The number of nitro benzene ring substituents is 1. The topological polar surface area (TPSA) is 84.5 Å². The second-order valence-electron chi connectivity index (χ2n) is 5.74. The molecule has 0 spiro atoms. The van der Waals surface area contributed by atoms with Crippen LogP contribution in [0.4, 0.5) is 5.69 Å². The summed E-state index contributed by atoms with van der Waals surface area (Å²) in [5, 5.41) is 10.7. The maximum Gasteiger partial charge on any atom is 0.269 e. The predicted molar refractivity (Wildman–Crippen MR) is 87.7 cm³/mol. The molecule has 1 aliphatic rings. The van der Waals surface area contributed by atoms with E-state index in [2.05, 4.69) is 9.88 Å². The Morgan fingerprint density at radius 2 is 1.83 bits per heavy atom. The molecule has 0 unspecified atom stereocenters. The molecule has 0 radical (unpaired) electrons. The van der Waals surface area contributed by atoms with E-state index in [1.807, 2.05) is 10.8 Å². The van der Waals surface area contributed by atoms with E-state index in [9.17, 15) is 14.9 Å². The summed E-state index contributed by atoms with van der Waals surface area (Å²) in [6.07, 6.45) is 5.50. The Bertz CT molecular complexity index is 691. The number of carbonyl (C=O) groups excluding carboxylic acids is 1. The van der Waals surface area contributed by atoms with Crippen molar-refractivity contribution < 1.29 is 9.72 Å². The van der Waals surface area contributed by atoms with Crippen molar-refractivity contribution in [3.63, 3.8) is 0 Å². The van der Waals surface area contributed by atoms with E-state index in [0.717, 1.165) is 26.2 Å². The van der Waals surface area contributed by atoms with Gasteiger partial charge in [0.15, 0.2) is 0 Å². The normalized spacial score (nSPS) is 15.4. The lowest BCUT2D eigenvalue weighted by Crippen LogP contribution is -2.49. The molecule has 8 nitrogen and oxygen atoms in total. The summed E-state index contributed by atoms with van der Waals surface area (Å²) in [7, 11) is 0. The fraction of sp³-hybridized carbons (Fsp3) is 0.375. The molecule has 1 fully saturated rings. The SMILES string of the molecule is O=C(c1ccc([N+](=O)[O-])cc1)N1CCN(CCn2ccnc2)CC1. The van der Waals surface area contributed by atoms with Crippen molar-refractivity contribution in [2.45, 2.75) is 6.54 Å². The number of non-ortho nitro benzene ring substituents is 1. The van der Waals surface area contributed by atoms with Crippen LogP contribution in [0.1, 0.15) is 10.4 Å². The Kier molecular flexibility index (Phi) is 4.85. The number of nitro groups is 1. The molecule has 0 N–H and O–H groups in total. The molecule has 1 aromatic heterocycles. The van der Waals surface area contributed by atoms with Crippen molar-refractivity contribution >= 4 is 11.6 Å². The van der Waals surface area contributed by atoms with Gasteiger partial charge in [-0.3, -0.25) is 19.8 Å². The molecule has 1 aliphatic heterocycles. The van der Waals surface area contributed by atoms with Gasteiger partial charge in [0.05, 0.1) is 11.3 Å². The maximum absolute atomic E-state index is 12.5. The Labute approximate surface area is 139 Å². The zero-order valence-corrected chi connectivity index (χ0v) is 13.2. The minimum Gasteiger partial charge on any atom is -0.336 e. The third-order valence-electron chi connectivity index (χ3n) is 4.22. The predicted octanol–water partition coefficient (Wildman–Crippen LogP) is 1.25. The number of imidazole rings is 1. The molecule has 8 heteroatoms. The van der Waals surface area contributed by atoms with Gasteiger partial charge in [0.1, 0.15) is 0 Å². The second-order valence-corrected chi connectivity index (χ2v) is 5.74. The summed E-state index contributed by atoms with van der Waals surface area (Å²) in [4.78, 5) is 30.8. The molecule has 0 saturated carbocycles. The van der Waals surface area contributed by atoms with Gasteiger partial charge in [-0.1, -0.05) is 0 Å². The summed E-state index contributed by atoms with van der Waals surface area (Å²) in [6, 6.07) is 5.78. The third kappa shape index (κ3) is 3.77. The first-order valence-corrected chi connectivity index (χ1v) is 7.85. The van der Waals surface area contributed by atoms with Gasteiger partial charge in [0.2, 0.25) is 0 Å². The van der Waals surface area contributed by atoms with Crippen LogP contribution < -0.4 is 0 Å². The van der Waals surface area contributed by atoms with Crippen LogP contribution >= 0.6 is 0 Å². The van der Waals surface area contributed by atoms with Crippen molar-refractivity contribution in [2.75, 3.05) is 32.7 Å². The molecule has 0 atom stereocenters. The smallest absolute Gasteiger partial charge is 0.269 e. The molecule has 2 aromatic rings. The van der Waals surface area contributed by atoms with Crippen LogP contribution in [0.2, 0.25) is 0 Å². The zero-order chi connectivity index (χ0) is 16.9. The average Bonchev–Trinajstić information content (AvgIpc) is 3.13. The molecular formula is C16H19N5O3. The standard InChI is InChI=1S/C16H19N5O3/c22-16(14-1-3-15(4-2-14)21(23)24)20-11-9-18(10-12-20)7-8-19-6-5-17-13-19/h1-6,13H,7-12H2. The highest BCUT2D eigenvalue weighted by atomic mass is 16.6. The summed E-state index contributed by atoms with van der Waals surface area (Å²) >= 11 is 0. The van der Waals surface area contributed by atoms with Crippen LogP contribution in [0, 0.1) is 10.1 Å². The van der Waals surface area contributed by atoms with E-state index in [-0.39, 0.29) is 11.6 Å². The molecule has 126 valence electrons. The molecule has 0 aliphatic carbocycles. The van der Waals surface area contributed by atoms with Crippen LogP contribution in [0.15, 0.2) is 43.0 Å². The number of aromatic nitrogens is 2. The number of amides is 1. The molecule has 2 heterocycles. The number of benzene rings is 1. The van der Waals surface area contributed by atoms with E-state index in [4.69, 9.17) is 0 Å². The molecule has 1 saturated heterocycles. The summed E-state index contributed by atoms with van der Waals surface area (Å²) < 4.78 is 2.04. The van der Waals surface area contributed by atoms with Crippen LogP contribution in [-0.4, -0.2) is 62.9 Å². The Morgan fingerprint density at radius 3 is 2.42 bits per heavy atom. The van der Waals surface area contributed by atoms with E-state index >= 15 is 0 Å². The van der Waals surface area contributed by atoms with Crippen LogP contribution in [0.25, 0.3) is 0 Å². The van der Waals surface area contributed by atoms with E-state index in [0.29, 0.717) is 18.7 Å². The van der Waals surface area contributed by atoms with Gasteiger partial charge in [-0.2, -0.15) is 0 Å². The summed E-state index contributed by atoms with van der Waals surface area (Å²) in [5.74, 6) is -0.0702. The first kappa shape index (κ1) is 16.1. The highest BCUT2D eigenvalue weighted by Gasteiger charge is 2.22. The van der Waals surface area contributed by atoms with Gasteiger partial charge in [0, 0.05) is 69.4 Å². The first-order chi connectivity index (χ1) is 11.6. The molecule has 1 aromatic carbocycles. The monoisotopic (exact) mass is 329 g/mol. The van der Waals surface area contributed by atoms with E-state index in [1.165, 1.54) is 24.3 Å². The quantitative estimate of drug-likeness (QED) is 0.609.